The van der Waals surface area contributed by atoms with Crippen LogP contribution in [0.15, 0.2) is 4.99 Å². The molecule has 0 aromatic carbocycles. The normalized spacial score (nSPS) is 24.9. The monoisotopic (exact) mass is 310 g/mol. The van der Waals surface area contributed by atoms with Crippen molar-refractivity contribution in [2.75, 3.05) is 39.8 Å². The molecule has 2 rings (SSSR count). The Bertz CT molecular complexity index is 334. The summed E-state index contributed by atoms with van der Waals surface area (Å²) in [6.07, 6.45) is 6.64. The van der Waals surface area contributed by atoms with Gasteiger partial charge in [-0.2, -0.15) is 0 Å². The minimum atomic E-state index is 0.351. The molecule has 2 N–H and O–H groups in total. The van der Waals surface area contributed by atoms with Gasteiger partial charge in [-0.05, 0) is 51.1 Å². The van der Waals surface area contributed by atoms with Gasteiger partial charge in [0.05, 0.1) is 6.10 Å². The van der Waals surface area contributed by atoms with Crippen LogP contribution in [-0.2, 0) is 4.74 Å². The Labute approximate surface area is 135 Å². The zero-order valence-corrected chi connectivity index (χ0v) is 14.6. The molecule has 0 amide bonds. The standard InChI is InChI=1S/C17H34N4O/c1-14(2)11-15(21-8-4-5-9-21)12-19-17(18-3)20-13-16-7-6-10-22-16/h14-16H,4-13H2,1-3H3,(H2,18,19,20). The van der Waals surface area contributed by atoms with Crippen molar-refractivity contribution in [2.24, 2.45) is 10.9 Å². The predicted octanol–water partition coefficient (Wildman–Crippen LogP) is 1.84. The van der Waals surface area contributed by atoms with E-state index in [1.165, 1.54) is 38.8 Å². The number of hydrogen-bond donors (Lipinski definition) is 2. The van der Waals surface area contributed by atoms with Gasteiger partial charge in [0.25, 0.3) is 0 Å². The molecule has 5 heteroatoms. The maximum Gasteiger partial charge on any atom is 0.191 e. The molecule has 2 atom stereocenters. The molecule has 2 heterocycles. The Hall–Kier alpha value is -0.810. The third kappa shape index (κ3) is 5.76. The first-order chi connectivity index (χ1) is 10.7. The minimum absolute atomic E-state index is 0.351. The summed E-state index contributed by atoms with van der Waals surface area (Å²) in [6, 6.07) is 0.615. The predicted molar refractivity (Wildman–Crippen MR) is 92.4 cm³/mol. The zero-order valence-electron chi connectivity index (χ0n) is 14.6. The Morgan fingerprint density at radius 1 is 1.23 bits per heavy atom. The second kappa shape index (κ2) is 9.36. The van der Waals surface area contributed by atoms with Crippen LogP contribution in [0.3, 0.4) is 0 Å². The van der Waals surface area contributed by atoms with Crippen molar-refractivity contribution in [3.63, 3.8) is 0 Å². The van der Waals surface area contributed by atoms with Gasteiger partial charge in [-0.3, -0.25) is 9.89 Å². The highest BCUT2D eigenvalue weighted by Crippen LogP contribution is 2.17. The Balaban J connectivity index is 1.75. The van der Waals surface area contributed by atoms with Gasteiger partial charge in [0.2, 0.25) is 0 Å². The van der Waals surface area contributed by atoms with E-state index in [2.05, 4.69) is 34.4 Å². The first kappa shape index (κ1) is 17.5. The molecule has 2 unspecified atom stereocenters. The second-order valence-corrected chi connectivity index (χ2v) is 7.00. The van der Waals surface area contributed by atoms with Crippen LogP contribution >= 0.6 is 0 Å². The van der Waals surface area contributed by atoms with E-state index in [1.54, 1.807) is 0 Å². The molecule has 0 spiro atoms. The lowest BCUT2D eigenvalue weighted by Gasteiger charge is -2.30. The van der Waals surface area contributed by atoms with Gasteiger partial charge in [-0.1, -0.05) is 13.8 Å². The number of likely N-dealkylation sites (tertiary alicyclic amines) is 1. The molecule has 2 fully saturated rings. The van der Waals surface area contributed by atoms with Gasteiger partial charge >= 0.3 is 0 Å². The molecule has 0 radical (unpaired) electrons. The summed E-state index contributed by atoms with van der Waals surface area (Å²) in [6.45, 7) is 9.87. The zero-order chi connectivity index (χ0) is 15.8. The van der Waals surface area contributed by atoms with Crippen molar-refractivity contribution in [3.8, 4) is 0 Å². The molecule has 0 aliphatic carbocycles. The lowest BCUT2D eigenvalue weighted by Crippen LogP contribution is -2.48. The summed E-state index contributed by atoms with van der Waals surface area (Å²) in [5, 5.41) is 6.92. The van der Waals surface area contributed by atoms with Crippen molar-refractivity contribution < 1.29 is 4.74 Å². The average molecular weight is 310 g/mol. The first-order valence-corrected chi connectivity index (χ1v) is 8.99. The molecule has 2 aliphatic rings. The number of aliphatic imine (C=N–C) groups is 1. The van der Waals surface area contributed by atoms with Crippen LogP contribution in [0.2, 0.25) is 0 Å². The fraction of sp³-hybridized carbons (Fsp3) is 0.941. The number of ether oxygens (including phenoxy) is 1. The Morgan fingerprint density at radius 3 is 2.59 bits per heavy atom. The molecule has 22 heavy (non-hydrogen) atoms. The fourth-order valence-corrected chi connectivity index (χ4v) is 3.46. The van der Waals surface area contributed by atoms with E-state index in [4.69, 9.17) is 4.74 Å². The van der Waals surface area contributed by atoms with Crippen LogP contribution in [0.1, 0.15) is 46.0 Å². The van der Waals surface area contributed by atoms with Crippen LogP contribution in [0.25, 0.3) is 0 Å². The fourth-order valence-electron chi connectivity index (χ4n) is 3.46. The maximum absolute atomic E-state index is 5.65. The highest BCUT2D eigenvalue weighted by atomic mass is 16.5. The molecule has 0 saturated carbocycles. The number of guanidine groups is 1. The number of hydrogen-bond acceptors (Lipinski definition) is 3. The summed E-state index contributed by atoms with van der Waals surface area (Å²) in [5.41, 5.74) is 0. The van der Waals surface area contributed by atoms with E-state index in [9.17, 15) is 0 Å². The van der Waals surface area contributed by atoms with Crippen LogP contribution in [-0.4, -0.2) is 62.8 Å². The summed E-state index contributed by atoms with van der Waals surface area (Å²) >= 11 is 0. The maximum atomic E-state index is 5.65. The van der Waals surface area contributed by atoms with Gasteiger partial charge in [-0.25, -0.2) is 0 Å². The van der Waals surface area contributed by atoms with Crippen molar-refractivity contribution in [1.82, 2.24) is 15.5 Å². The first-order valence-electron chi connectivity index (χ1n) is 8.99. The van der Waals surface area contributed by atoms with Gasteiger partial charge in [0, 0.05) is 32.8 Å². The third-order valence-corrected chi connectivity index (χ3v) is 4.65. The average Bonchev–Trinajstić information content (AvgIpc) is 3.19. The molecule has 0 bridgehead atoms. The minimum Gasteiger partial charge on any atom is -0.376 e. The molecule has 2 aliphatic heterocycles. The van der Waals surface area contributed by atoms with Gasteiger partial charge in [-0.15, -0.1) is 0 Å². The summed E-state index contributed by atoms with van der Waals surface area (Å²) < 4.78 is 5.65. The van der Waals surface area contributed by atoms with E-state index >= 15 is 0 Å². The molecular weight excluding hydrogens is 276 g/mol. The molecule has 128 valence electrons. The van der Waals surface area contributed by atoms with E-state index in [1.807, 2.05) is 7.05 Å². The van der Waals surface area contributed by atoms with Gasteiger partial charge in [0.15, 0.2) is 5.96 Å². The number of nitrogens with zero attached hydrogens (tertiary/aromatic N) is 2. The van der Waals surface area contributed by atoms with Gasteiger partial charge in [0.1, 0.15) is 0 Å². The highest BCUT2D eigenvalue weighted by molar-refractivity contribution is 5.79. The summed E-state index contributed by atoms with van der Waals surface area (Å²) in [7, 11) is 1.85. The molecular formula is C17H34N4O. The Kier molecular flexibility index (Phi) is 7.46. The van der Waals surface area contributed by atoms with E-state index in [0.29, 0.717) is 12.1 Å². The van der Waals surface area contributed by atoms with Crippen LogP contribution in [0.5, 0.6) is 0 Å². The van der Waals surface area contributed by atoms with Crippen LogP contribution < -0.4 is 10.6 Å². The quantitative estimate of drug-likeness (QED) is 0.556. The largest absolute Gasteiger partial charge is 0.376 e. The number of rotatable bonds is 7. The molecule has 2 saturated heterocycles. The molecule has 0 aromatic heterocycles. The lowest BCUT2D eigenvalue weighted by molar-refractivity contribution is 0.113. The molecule has 0 aromatic rings. The summed E-state index contributed by atoms with van der Waals surface area (Å²) in [4.78, 5) is 6.99. The van der Waals surface area contributed by atoms with E-state index < -0.39 is 0 Å². The molecule has 5 nitrogen and oxygen atoms in total. The van der Waals surface area contributed by atoms with Gasteiger partial charge < -0.3 is 15.4 Å². The van der Waals surface area contributed by atoms with Crippen molar-refractivity contribution >= 4 is 5.96 Å². The SMILES string of the molecule is CN=C(NCC1CCCO1)NCC(CC(C)C)N1CCCC1. The highest BCUT2D eigenvalue weighted by Gasteiger charge is 2.23. The van der Waals surface area contributed by atoms with E-state index in [0.717, 1.165) is 38.0 Å². The second-order valence-electron chi connectivity index (χ2n) is 7.00. The smallest absolute Gasteiger partial charge is 0.191 e. The third-order valence-electron chi connectivity index (χ3n) is 4.65. The summed E-state index contributed by atoms with van der Waals surface area (Å²) in [5.74, 6) is 1.64. The van der Waals surface area contributed by atoms with E-state index in [-0.39, 0.29) is 0 Å². The van der Waals surface area contributed by atoms with Crippen molar-refractivity contribution in [3.05, 3.63) is 0 Å². The van der Waals surface area contributed by atoms with Crippen molar-refractivity contribution in [1.29, 1.82) is 0 Å². The van der Waals surface area contributed by atoms with Crippen LogP contribution in [0, 0.1) is 5.92 Å². The Morgan fingerprint density at radius 2 is 2.00 bits per heavy atom. The van der Waals surface area contributed by atoms with Crippen molar-refractivity contribution in [2.45, 2.75) is 58.1 Å². The van der Waals surface area contributed by atoms with Crippen LogP contribution in [0.4, 0.5) is 0 Å². The lowest BCUT2D eigenvalue weighted by atomic mass is 10.0. The number of nitrogens with one attached hydrogen (secondary N) is 2. The topological polar surface area (TPSA) is 48.9 Å².